The highest BCUT2D eigenvalue weighted by molar-refractivity contribution is 7.81. The van der Waals surface area contributed by atoms with Crippen LogP contribution in [-0.4, -0.2) is 27.0 Å². The molecule has 1 aliphatic carbocycles. The van der Waals surface area contributed by atoms with Crippen molar-refractivity contribution in [3.8, 4) is 6.07 Å². The molecule has 6 nitrogen and oxygen atoms in total. The monoisotopic (exact) mass is 434 g/mol. The summed E-state index contributed by atoms with van der Waals surface area (Å²) in [5.41, 5.74) is -2.36. The van der Waals surface area contributed by atoms with Crippen molar-refractivity contribution in [2.75, 3.05) is 9.80 Å². The van der Waals surface area contributed by atoms with Crippen molar-refractivity contribution in [3.63, 3.8) is 0 Å². The lowest BCUT2D eigenvalue weighted by Crippen LogP contribution is -2.55. The molecule has 1 amide bonds. The summed E-state index contributed by atoms with van der Waals surface area (Å²) in [6.07, 6.45) is -1.77. The van der Waals surface area contributed by atoms with E-state index >= 15 is 0 Å². The fourth-order valence-corrected chi connectivity index (χ4v) is 4.61. The van der Waals surface area contributed by atoms with Gasteiger partial charge in [0.05, 0.1) is 24.1 Å². The van der Waals surface area contributed by atoms with E-state index in [9.17, 15) is 23.1 Å². The van der Waals surface area contributed by atoms with E-state index in [-0.39, 0.29) is 18.2 Å². The predicted molar refractivity (Wildman–Crippen MR) is 106 cm³/mol. The van der Waals surface area contributed by atoms with Crippen LogP contribution in [0.2, 0.25) is 0 Å². The van der Waals surface area contributed by atoms with E-state index in [1.165, 1.54) is 11.0 Å². The van der Waals surface area contributed by atoms with Crippen LogP contribution in [0.5, 0.6) is 0 Å². The number of nitrogens with zero attached hydrogens (tertiary/aromatic N) is 4. The number of nitriles is 1. The number of benzene rings is 1. The minimum Gasteiger partial charge on any atom is -0.392 e. The molecule has 1 aromatic carbocycles. The molecule has 2 fully saturated rings. The zero-order valence-electron chi connectivity index (χ0n) is 15.6. The highest BCUT2D eigenvalue weighted by Gasteiger charge is 2.60. The molecule has 0 bridgehead atoms. The predicted octanol–water partition coefficient (Wildman–Crippen LogP) is 3.45. The van der Waals surface area contributed by atoms with Gasteiger partial charge in [-0.3, -0.25) is 9.69 Å². The first kappa shape index (κ1) is 20.5. The van der Waals surface area contributed by atoms with Crippen LogP contribution in [0.15, 0.2) is 36.5 Å². The summed E-state index contributed by atoms with van der Waals surface area (Å²) in [5, 5.41) is 18.2. The third kappa shape index (κ3) is 3.00. The number of amides is 1. The van der Waals surface area contributed by atoms with Gasteiger partial charge in [-0.15, -0.1) is 12.6 Å². The van der Waals surface area contributed by atoms with Crippen molar-refractivity contribution in [3.05, 3.63) is 53.3 Å². The van der Waals surface area contributed by atoms with Crippen molar-refractivity contribution < 1.29 is 23.1 Å². The van der Waals surface area contributed by atoms with Crippen LogP contribution >= 0.6 is 12.6 Å². The number of carbonyl (C=O) groups is 1. The Hall–Kier alpha value is -2.77. The van der Waals surface area contributed by atoms with E-state index in [4.69, 9.17) is 5.26 Å². The summed E-state index contributed by atoms with van der Waals surface area (Å²) in [4.78, 5) is 20.0. The number of pyridine rings is 1. The summed E-state index contributed by atoms with van der Waals surface area (Å²) in [5.74, 6) is -0.348. The second-order valence-corrected chi connectivity index (χ2v) is 7.76. The van der Waals surface area contributed by atoms with Gasteiger partial charge in [0.2, 0.25) is 0 Å². The van der Waals surface area contributed by atoms with Crippen molar-refractivity contribution >= 4 is 29.9 Å². The molecule has 1 unspecified atom stereocenters. The van der Waals surface area contributed by atoms with E-state index in [1.54, 1.807) is 29.2 Å². The maximum absolute atomic E-state index is 13.4. The van der Waals surface area contributed by atoms with Gasteiger partial charge in [0, 0.05) is 5.69 Å². The number of carbonyl (C=O) groups excluding carboxylic acids is 1. The quantitative estimate of drug-likeness (QED) is 0.724. The first-order valence-electron chi connectivity index (χ1n) is 9.21. The fourth-order valence-electron chi connectivity index (χ4n) is 4.02. The SMILES string of the molecule is N#Cc1ncc(N2C(=O)C3(CCC3)N(c3ccc(CO)cc3)C2S)cc1C(F)(F)F. The number of aliphatic hydroxyl groups excluding tert-OH is 1. The smallest absolute Gasteiger partial charge is 0.392 e. The lowest BCUT2D eigenvalue weighted by molar-refractivity contribution is -0.138. The Morgan fingerprint density at radius 3 is 2.43 bits per heavy atom. The van der Waals surface area contributed by atoms with Gasteiger partial charge in [0.1, 0.15) is 11.6 Å². The Balaban J connectivity index is 1.79. The van der Waals surface area contributed by atoms with Crippen LogP contribution < -0.4 is 9.80 Å². The number of halogens is 3. The molecule has 0 radical (unpaired) electrons. The van der Waals surface area contributed by atoms with Gasteiger partial charge < -0.3 is 10.0 Å². The lowest BCUT2D eigenvalue weighted by atomic mass is 9.75. The van der Waals surface area contributed by atoms with E-state index in [2.05, 4.69) is 17.6 Å². The normalized spacial score (nSPS) is 20.4. The molecule has 2 aromatic rings. The van der Waals surface area contributed by atoms with Gasteiger partial charge in [-0.2, -0.15) is 18.4 Å². The molecule has 4 rings (SSSR count). The van der Waals surface area contributed by atoms with E-state index < -0.39 is 28.5 Å². The second-order valence-electron chi connectivity index (χ2n) is 7.30. The standard InChI is InChI=1S/C20H17F3N4O2S/c21-20(22,23)15-8-14(10-25-16(15)9-24)26-17(29)19(6-1-7-19)27(18(26)30)13-4-2-12(11-28)3-5-13/h2-5,8,10,18,28,30H,1,6-7,11H2. The number of anilines is 2. The van der Waals surface area contributed by atoms with Gasteiger partial charge in [-0.1, -0.05) is 12.1 Å². The van der Waals surface area contributed by atoms with Crippen LogP contribution in [0.4, 0.5) is 24.5 Å². The second kappa shape index (κ2) is 7.18. The number of alkyl halides is 3. The Bertz CT molecular complexity index is 1030. The summed E-state index contributed by atoms with van der Waals surface area (Å²) < 4.78 is 40.2. The summed E-state index contributed by atoms with van der Waals surface area (Å²) in [7, 11) is 0. The number of rotatable bonds is 3. The number of hydrogen-bond acceptors (Lipinski definition) is 6. The third-order valence-corrected chi connectivity index (χ3v) is 6.14. The van der Waals surface area contributed by atoms with Gasteiger partial charge in [0.15, 0.2) is 11.2 Å². The Labute approximate surface area is 176 Å². The molecule has 2 heterocycles. The summed E-state index contributed by atoms with van der Waals surface area (Å²) >= 11 is 4.58. The average molecular weight is 434 g/mol. The van der Waals surface area contributed by atoms with Gasteiger partial charge >= 0.3 is 6.18 Å². The molecule has 1 saturated heterocycles. The summed E-state index contributed by atoms with van der Waals surface area (Å²) in [6.45, 7) is -0.127. The van der Waals surface area contributed by atoms with Crippen LogP contribution in [0, 0.1) is 11.3 Å². The largest absolute Gasteiger partial charge is 0.419 e. The highest BCUT2D eigenvalue weighted by Crippen LogP contribution is 2.50. The first-order chi connectivity index (χ1) is 14.2. The number of aliphatic hydroxyl groups is 1. The molecule has 1 N–H and O–H groups in total. The lowest BCUT2D eigenvalue weighted by Gasteiger charge is -2.44. The van der Waals surface area contributed by atoms with Crippen LogP contribution in [-0.2, 0) is 17.6 Å². The van der Waals surface area contributed by atoms with Gasteiger partial charge in [-0.05, 0) is 43.0 Å². The third-order valence-electron chi connectivity index (χ3n) is 5.68. The van der Waals surface area contributed by atoms with E-state index in [1.807, 2.05) is 0 Å². The molecule has 10 heteroatoms. The molecule has 1 atom stereocenters. The van der Waals surface area contributed by atoms with Crippen LogP contribution in [0.1, 0.15) is 36.1 Å². The topological polar surface area (TPSA) is 80.5 Å². The van der Waals surface area contributed by atoms with Gasteiger partial charge in [-0.25, -0.2) is 4.98 Å². The highest BCUT2D eigenvalue weighted by atomic mass is 32.1. The average Bonchev–Trinajstić information content (AvgIpc) is 2.93. The molecule has 1 saturated carbocycles. The molecular formula is C20H17F3N4O2S. The molecule has 2 aliphatic rings. The zero-order chi connectivity index (χ0) is 21.7. The maximum atomic E-state index is 13.4. The van der Waals surface area contributed by atoms with Gasteiger partial charge in [0.25, 0.3) is 5.91 Å². The zero-order valence-corrected chi connectivity index (χ0v) is 16.5. The van der Waals surface area contributed by atoms with E-state index in [0.29, 0.717) is 24.1 Å². The number of thiol groups is 1. The molecule has 1 aromatic heterocycles. The van der Waals surface area contributed by atoms with Crippen molar-refractivity contribution in [1.29, 1.82) is 5.26 Å². The Morgan fingerprint density at radius 1 is 1.27 bits per heavy atom. The molecular weight excluding hydrogens is 417 g/mol. The first-order valence-corrected chi connectivity index (χ1v) is 9.73. The molecule has 1 spiro atoms. The minimum atomic E-state index is -4.78. The van der Waals surface area contributed by atoms with Crippen molar-refractivity contribution in [2.24, 2.45) is 0 Å². The van der Waals surface area contributed by atoms with Crippen molar-refractivity contribution in [1.82, 2.24) is 4.98 Å². The maximum Gasteiger partial charge on any atom is 0.419 e. The Morgan fingerprint density at radius 2 is 1.93 bits per heavy atom. The molecule has 1 aliphatic heterocycles. The number of aromatic nitrogens is 1. The fraction of sp³-hybridized carbons (Fsp3) is 0.350. The molecule has 30 heavy (non-hydrogen) atoms. The minimum absolute atomic E-state index is 0.0629. The number of hydrogen-bond donors (Lipinski definition) is 2. The summed E-state index contributed by atoms with van der Waals surface area (Å²) in [6, 6.07) is 9.17. The van der Waals surface area contributed by atoms with Crippen LogP contribution in [0.25, 0.3) is 0 Å². The van der Waals surface area contributed by atoms with Crippen molar-refractivity contribution in [2.45, 2.75) is 43.1 Å². The Kier molecular flexibility index (Phi) is 4.91. The molecule has 156 valence electrons. The van der Waals surface area contributed by atoms with Crippen LogP contribution in [0.3, 0.4) is 0 Å². The van der Waals surface area contributed by atoms with E-state index in [0.717, 1.165) is 18.7 Å².